The van der Waals surface area contributed by atoms with Crippen molar-refractivity contribution in [2.24, 2.45) is 0 Å². The van der Waals surface area contributed by atoms with E-state index < -0.39 is 0 Å². The first-order chi connectivity index (χ1) is 7.77. The van der Waals surface area contributed by atoms with Crippen LogP contribution in [0.5, 0.6) is 5.75 Å². The Labute approximate surface area is 95.9 Å². The Hall–Kier alpha value is -1.62. The third-order valence-electron chi connectivity index (χ3n) is 2.69. The van der Waals surface area contributed by atoms with Crippen molar-refractivity contribution in [3.8, 4) is 11.4 Å². The molecule has 0 atom stereocenters. The van der Waals surface area contributed by atoms with Gasteiger partial charge in [0.15, 0.2) is 0 Å². The van der Waals surface area contributed by atoms with Crippen molar-refractivity contribution in [3.63, 3.8) is 0 Å². The minimum absolute atomic E-state index is 0.0542. The summed E-state index contributed by atoms with van der Waals surface area (Å²) in [6.07, 6.45) is 0. The van der Waals surface area contributed by atoms with Crippen molar-refractivity contribution in [2.75, 3.05) is 0 Å². The molecule has 4 nitrogen and oxygen atoms in total. The Bertz CT molecular complexity index is 600. The fourth-order valence-electron chi connectivity index (χ4n) is 1.86. The highest BCUT2D eigenvalue weighted by molar-refractivity contribution is 7.98. The highest BCUT2D eigenvalue weighted by atomic mass is 32.2. The van der Waals surface area contributed by atoms with Crippen LogP contribution in [0.1, 0.15) is 11.3 Å². The van der Waals surface area contributed by atoms with Gasteiger partial charge in [-0.15, -0.1) is 0 Å². The topological polar surface area (TPSA) is 58.0 Å². The molecule has 0 radical (unpaired) electrons. The average Bonchev–Trinajstić information content (AvgIpc) is 2.83. The zero-order valence-corrected chi connectivity index (χ0v) is 9.25. The zero-order valence-electron chi connectivity index (χ0n) is 8.43. The van der Waals surface area contributed by atoms with Crippen molar-refractivity contribution >= 4 is 11.8 Å². The molecule has 82 valence electrons. The lowest BCUT2D eigenvalue weighted by Gasteiger charge is -2.04. The van der Waals surface area contributed by atoms with Gasteiger partial charge in [0, 0.05) is 11.5 Å². The molecule has 1 aromatic heterocycles. The largest absolute Gasteiger partial charge is 0.506 e. The highest BCUT2D eigenvalue weighted by Crippen LogP contribution is 2.27. The second kappa shape index (κ2) is 3.45. The number of hydrogen-bond donors (Lipinski definition) is 2. The van der Waals surface area contributed by atoms with Gasteiger partial charge < -0.3 is 5.11 Å². The smallest absolute Gasteiger partial charge is 0.275 e. The number of aromatic nitrogens is 2. The van der Waals surface area contributed by atoms with E-state index >= 15 is 0 Å². The Kier molecular flexibility index (Phi) is 2.07. The number of hydrogen-bond acceptors (Lipinski definition) is 3. The van der Waals surface area contributed by atoms with Gasteiger partial charge in [-0.05, 0) is 12.1 Å². The van der Waals surface area contributed by atoms with Crippen molar-refractivity contribution in [1.82, 2.24) is 9.78 Å². The maximum Gasteiger partial charge on any atom is 0.275 e. The normalized spacial score (nSPS) is 14.0. The first-order valence-corrected chi connectivity index (χ1v) is 6.12. The molecule has 1 aromatic carbocycles. The molecule has 0 fully saturated rings. The summed E-state index contributed by atoms with van der Waals surface area (Å²) in [6, 6.07) is 6.82. The van der Waals surface area contributed by atoms with Crippen LogP contribution in [0.15, 0.2) is 29.1 Å². The summed E-state index contributed by atoms with van der Waals surface area (Å²) in [6.45, 7) is 0. The lowest BCUT2D eigenvalue weighted by atomic mass is 10.3. The van der Waals surface area contributed by atoms with Gasteiger partial charge in [-0.25, -0.2) is 4.68 Å². The summed E-state index contributed by atoms with van der Waals surface area (Å²) in [5.41, 5.74) is 2.25. The Morgan fingerprint density at radius 2 is 2.12 bits per heavy atom. The molecule has 0 unspecified atom stereocenters. The van der Waals surface area contributed by atoms with Crippen molar-refractivity contribution in [2.45, 2.75) is 11.5 Å². The number of aromatic amines is 1. The van der Waals surface area contributed by atoms with E-state index in [-0.39, 0.29) is 11.3 Å². The van der Waals surface area contributed by atoms with E-state index in [4.69, 9.17) is 0 Å². The third kappa shape index (κ3) is 1.28. The van der Waals surface area contributed by atoms with Crippen LogP contribution in [-0.2, 0) is 11.5 Å². The SMILES string of the molecule is O=c1c2c([nH]n1-c1ccccc1O)CSC2. The van der Waals surface area contributed by atoms with Crippen molar-refractivity contribution in [3.05, 3.63) is 45.9 Å². The average molecular weight is 234 g/mol. The van der Waals surface area contributed by atoms with Crippen molar-refractivity contribution in [1.29, 1.82) is 0 Å². The fourth-order valence-corrected chi connectivity index (χ4v) is 2.91. The molecule has 0 spiro atoms. The number of nitrogens with zero attached hydrogens (tertiary/aromatic N) is 1. The molecular formula is C11H10N2O2S. The lowest BCUT2D eigenvalue weighted by Crippen LogP contribution is -2.16. The van der Waals surface area contributed by atoms with E-state index in [1.165, 1.54) is 4.68 Å². The number of rotatable bonds is 1. The van der Waals surface area contributed by atoms with Crippen LogP contribution < -0.4 is 5.56 Å². The van der Waals surface area contributed by atoms with Crippen LogP contribution in [0.25, 0.3) is 5.69 Å². The molecule has 16 heavy (non-hydrogen) atoms. The Morgan fingerprint density at radius 3 is 2.88 bits per heavy atom. The van der Waals surface area contributed by atoms with Gasteiger partial charge in [0.1, 0.15) is 11.4 Å². The molecule has 0 saturated heterocycles. The minimum atomic E-state index is -0.0542. The van der Waals surface area contributed by atoms with Gasteiger partial charge in [0.2, 0.25) is 0 Å². The molecule has 2 N–H and O–H groups in total. The van der Waals surface area contributed by atoms with E-state index in [2.05, 4.69) is 5.10 Å². The summed E-state index contributed by atoms with van der Waals surface area (Å²) >= 11 is 1.72. The predicted octanol–water partition coefficient (Wildman–Crippen LogP) is 1.62. The predicted molar refractivity (Wildman–Crippen MR) is 63.1 cm³/mol. The number of nitrogens with one attached hydrogen (secondary N) is 1. The molecule has 0 bridgehead atoms. The fraction of sp³-hybridized carbons (Fsp3) is 0.182. The number of aromatic hydroxyl groups is 1. The van der Waals surface area contributed by atoms with E-state index in [0.717, 1.165) is 22.8 Å². The first-order valence-electron chi connectivity index (χ1n) is 4.96. The summed E-state index contributed by atoms with van der Waals surface area (Å²) < 4.78 is 1.42. The molecule has 0 amide bonds. The van der Waals surface area contributed by atoms with Crippen LogP contribution >= 0.6 is 11.8 Å². The number of para-hydroxylation sites is 2. The van der Waals surface area contributed by atoms with E-state index in [1.807, 2.05) is 0 Å². The zero-order chi connectivity index (χ0) is 11.1. The monoisotopic (exact) mass is 234 g/mol. The maximum absolute atomic E-state index is 12.0. The quantitative estimate of drug-likeness (QED) is 0.788. The summed E-state index contributed by atoms with van der Waals surface area (Å²) in [5, 5.41) is 12.7. The second-order valence-corrected chi connectivity index (χ2v) is 4.68. The van der Waals surface area contributed by atoms with Crippen LogP contribution in [0.3, 0.4) is 0 Å². The molecule has 2 heterocycles. The van der Waals surface area contributed by atoms with Crippen LogP contribution in [-0.4, -0.2) is 14.9 Å². The highest BCUT2D eigenvalue weighted by Gasteiger charge is 2.20. The molecule has 2 aromatic rings. The molecule has 1 aliphatic heterocycles. The number of phenolic OH excluding ortho intramolecular Hbond substituents is 1. The van der Waals surface area contributed by atoms with Gasteiger partial charge in [0.05, 0.1) is 11.3 Å². The summed E-state index contributed by atoms with van der Waals surface area (Å²) in [4.78, 5) is 12.0. The number of benzene rings is 1. The summed E-state index contributed by atoms with van der Waals surface area (Å²) in [5.74, 6) is 1.70. The molecule has 0 aliphatic carbocycles. The van der Waals surface area contributed by atoms with Gasteiger partial charge in [-0.2, -0.15) is 11.8 Å². The van der Waals surface area contributed by atoms with Crippen LogP contribution in [0, 0.1) is 0 Å². The van der Waals surface area contributed by atoms with Crippen molar-refractivity contribution < 1.29 is 5.11 Å². The molecule has 0 saturated carbocycles. The van der Waals surface area contributed by atoms with E-state index in [9.17, 15) is 9.90 Å². The lowest BCUT2D eigenvalue weighted by molar-refractivity contribution is 0.469. The van der Waals surface area contributed by atoms with Gasteiger partial charge in [-0.1, -0.05) is 12.1 Å². The van der Waals surface area contributed by atoms with Crippen LogP contribution in [0.4, 0.5) is 0 Å². The number of thioether (sulfide) groups is 1. The molecule has 5 heteroatoms. The standard InChI is InChI=1S/C11H10N2O2S/c14-10-4-2-1-3-9(10)13-11(15)7-5-16-6-8(7)12-13/h1-4,12,14H,5-6H2. The minimum Gasteiger partial charge on any atom is -0.506 e. The number of phenols is 1. The van der Waals surface area contributed by atoms with E-state index in [1.54, 1.807) is 36.0 Å². The summed E-state index contributed by atoms with van der Waals surface area (Å²) in [7, 11) is 0. The van der Waals surface area contributed by atoms with Gasteiger partial charge in [-0.3, -0.25) is 9.89 Å². The first kappa shape index (κ1) is 9.59. The Morgan fingerprint density at radius 1 is 1.31 bits per heavy atom. The third-order valence-corrected chi connectivity index (χ3v) is 3.67. The van der Waals surface area contributed by atoms with E-state index in [0.29, 0.717) is 5.69 Å². The molecule has 3 rings (SSSR count). The van der Waals surface area contributed by atoms with Crippen LogP contribution in [0.2, 0.25) is 0 Å². The maximum atomic E-state index is 12.0. The molecular weight excluding hydrogens is 224 g/mol. The Balaban J connectivity index is 2.22. The number of fused-ring (bicyclic) bond motifs is 1. The number of H-pyrrole nitrogens is 1. The van der Waals surface area contributed by atoms with Gasteiger partial charge >= 0.3 is 0 Å². The van der Waals surface area contributed by atoms with Gasteiger partial charge in [0.25, 0.3) is 5.56 Å². The molecule has 1 aliphatic rings. The second-order valence-electron chi connectivity index (χ2n) is 3.69.